The van der Waals surface area contributed by atoms with Gasteiger partial charge in [-0.05, 0) is 31.5 Å². The Balaban J connectivity index is 1.96. The van der Waals surface area contributed by atoms with Crippen LogP contribution in [0.1, 0.15) is 62.2 Å². The molecule has 0 unspecified atom stereocenters. The first-order valence-corrected chi connectivity index (χ1v) is 9.57. The number of aromatic nitrogens is 1. The van der Waals surface area contributed by atoms with Gasteiger partial charge in [0.2, 0.25) is 5.89 Å². The number of rotatable bonds is 7. The van der Waals surface area contributed by atoms with E-state index in [9.17, 15) is 4.79 Å². The first-order valence-electron chi connectivity index (χ1n) is 9.57. The Morgan fingerprint density at radius 1 is 1.18 bits per heavy atom. The Kier molecular flexibility index (Phi) is 7.61. The van der Waals surface area contributed by atoms with E-state index in [1.165, 1.54) is 0 Å². The summed E-state index contributed by atoms with van der Waals surface area (Å²) in [4.78, 5) is 20.6. The topological polar surface area (TPSA) is 88.8 Å². The number of nitrogens with zero attached hydrogens (tertiary/aromatic N) is 2. The Hall–Kier alpha value is -2.83. The van der Waals surface area contributed by atoms with Crippen molar-refractivity contribution in [2.24, 2.45) is 4.99 Å². The second-order valence-electron chi connectivity index (χ2n) is 7.33. The third kappa shape index (κ3) is 6.40. The lowest BCUT2D eigenvalue weighted by atomic mass is 9.94. The van der Waals surface area contributed by atoms with Gasteiger partial charge in [-0.3, -0.25) is 0 Å². The molecule has 0 aliphatic rings. The van der Waals surface area contributed by atoms with Crippen LogP contribution in [0.15, 0.2) is 39.9 Å². The van der Waals surface area contributed by atoms with Crippen LogP contribution in [-0.2, 0) is 23.2 Å². The number of carbonyl (C=O) groups is 1. The van der Waals surface area contributed by atoms with Crippen LogP contribution in [-0.4, -0.2) is 30.1 Å². The minimum absolute atomic E-state index is 0.0699. The molecule has 0 saturated heterocycles. The average molecular weight is 386 g/mol. The molecule has 152 valence electrons. The number of carbonyl (C=O) groups excluding carboxylic acids is 1. The molecule has 0 saturated carbocycles. The van der Waals surface area contributed by atoms with Crippen LogP contribution in [0, 0.1) is 0 Å². The molecule has 28 heavy (non-hydrogen) atoms. The SMILES string of the molecule is CCNC(=NCc1ccc(C(=O)OCC)cc1)NCc1ncc(C(C)(C)C)o1. The van der Waals surface area contributed by atoms with Gasteiger partial charge in [-0.2, -0.15) is 0 Å². The lowest BCUT2D eigenvalue weighted by Gasteiger charge is -2.13. The van der Waals surface area contributed by atoms with Crippen LogP contribution < -0.4 is 10.6 Å². The monoisotopic (exact) mass is 386 g/mol. The highest BCUT2D eigenvalue weighted by molar-refractivity contribution is 5.89. The quantitative estimate of drug-likeness (QED) is 0.431. The van der Waals surface area contributed by atoms with Crippen LogP contribution in [0.2, 0.25) is 0 Å². The molecule has 0 aliphatic heterocycles. The molecule has 1 heterocycles. The molecule has 2 N–H and O–H groups in total. The van der Waals surface area contributed by atoms with Gasteiger partial charge in [-0.25, -0.2) is 14.8 Å². The second-order valence-corrected chi connectivity index (χ2v) is 7.33. The summed E-state index contributed by atoms with van der Waals surface area (Å²) in [5.74, 6) is 1.84. The molecule has 1 aromatic carbocycles. The molecule has 1 aromatic heterocycles. The highest BCUT2D eigenvalue weighted by atomic mass is 16.5. The first kappa shape index (κ1) is 21.5. The van der Waals surface area contributed by atoms with Crippen LogP contribution in [0.5, 0.6) is 0 Å². The molecule has 0 radical (unpaired) electrons. The molecule has 0 amide bonds. The van der Waals surface area contributed by atoms with Gasteiger partial charge < -0.3 is 19.8 Å². The van der Waals surface area contributed by atoms with E-state index in [1.807, 2.05) is 19.1 Å². The lowest BCUT2D eigenvalue weighted by Crippen LogP contribution is -2.36. The van der Waals surface area contributed by atoms with Crippen molar-refractivity contribution in [2.75, 3.05) is 13.2 Å². The zero-order valence-corrected chi connectivity index (χ0v) is 17.3. The van der Waals surface area contributed by atoms with Gasteiger partial charge in [0.05, 0.1) is 31.5 Å². The van der Waals surface area contributed by atoms with Crippen LogP contribution in [0.3, 0.4) is 0 Å². The van der Waals surface area contributed by atoms with E-state index >= 15 is 0 Å². The minimum atomic E-state index is -0.312. The van der Waals surface area contributed by atoms with E-state index in [-0.39, 0.29) is 11.4 Å². The van der Waals surface area contributed by atoms with Gasteiger partial charge >= 0.3 is 5.97 Å². The Labute approximate surface area is 166 Å². The predicted molar refractivity (Wildman–Crippen MR) is 109 cm³/mol. The minimum Gasteiger partial charge on any atom is -0.462 e. The van der Waals surface area contributed by atoms with Gasteiger partial charge in [-0.1, -0.05) is 32.9 Å². The maximum Gasteiger partial charge on any atom is 0.338 e. The number of hydrogen-bond acceptors (Lipinski definition) is 5. The summed E-state index contributed by atoms with van der Waals surface area (Å²) in [7, 11) is 0. The largest absolute Gasteiger partial charge is 0.462 e. The summed E-state index contributed by atoms with van der Waals surface area (Å²) in [5, 5.41) is 6.43. The Morgan fingerprint density at radius 2 is 1.89 bits per heavy atom. The zero-order valence-electron chi connectivity index (χ0n) is 17.3. The predicted octanol–water partition coefficient (Wildman–Crippen LogP) is 3.40. The molecule has 0 bridgehead atoms. The summed E-state index contributed by atoms with van der Waals surface area (Å²) in [6, 6.07) is 7.26. The van der Waals surface area contributed by atoms with Crippen molar-refractivity contribution in [3.8, 4) is 0 Å². The molecule has 0 aliphatic carbocycles. The number of aliphatic imine (C=N–C) groups is 1. The third-order valence-corrected chi connectivity index (χ3v) is 3.93. The van der Waals surface area contributed by atoms with Gasteiger partial charge in [0.1, 0.15) is 5.76 Å². The fourth-order valence-electron chi connectivity index (χ4n) is 2.37. The molecule has 0 fully saturated rings. The fraction of sp³-hybridized carbons (Fsp3) is 0.476. The van der Waals surface area contributed by atoms with Crippen molar-refractivity contribution in [1.29, 1.82) is 0 Å². The molecule has 0 atom stereocenters. The number of esters is 1. The van der Waals surface area contributed by atoms with E-state index in [4.69, 9.17) is 9.15 Å². The number of benzene rings is 1. The van der Waals surface area contributed by atoms with E-state index in [0.717, 1.165) is 17.9 Å². The molecule has 7 heteroatoms. The first-order chi connectivity index (χ1) is 13.3. The molecular weight excluding hydrogens is 356 g/mol. The van der Waals surface area contributed by atoms with Gasteiger partial charge in [0.15, 0.2) is 5.96 Å². The fourth-order valence-corrected chi connectivity index (χ4v) is 2.37. The van der Waals surface area contributed by atoms with Crippen LogP contribution in [0.4, 0.5) is 0 Å². The zero-order chi connectivity index (χ0) is 20.6. The highest BCUT2D eigenvalue weighted by Crippen LogP contribution is 2.22. The second kappa shape index (κ2) is 9.92. The number of ether oxygens (including phenoxy) is 1. The summed E-state index contributed by atoms with van der Waals surface area (Å²) in [6.45, 7) is 12.1. The van der Waals surface area contributed by atoms with Crippen molar-refractivity contribution < 1.29 is 13.9 Å². The normalized spacial score (nSPS) is 12.0. The van der Waals surface area contributed by atoms with Crippen LogP contribution >= 0.6 is 0 Å². The van der Waals surface area contributed by atoms with E-state index < -0.39 is 0 Å². The van der Waals surface area contributed by atoms with Crippen LogP contribution in [0.25, 0.3) is 0 Å². The standard InChI is InChI=1S/C21H30N4O3/c1-6-22-20(25-14-18-23-13-17(28-18)21(3,4)5)24-12-15-8-10-16(11-9-15)19(26)27-7-2/h8-11,13H,6-7,12,14H2,1-5H3,(H2,22,24,25). The summed E-state index contributed by atoms with van der Waals surface area (Å²) in [6.07, 6.45) is 1.77. The summed E-state index contributed by atoms with van der Waals surface area (Å²) >= 11 is 0. The summed E-state index contributed by atoms with van der Waals surface area (Å²) < 4.78 is 10.8. The highest BCUT2D eigenvalue weighted by Gasteiger charge is 2.19. The van der Waals surface area contributed by atoms with E-state index in [1.54, 1.807) is 25.3 Å². The van der Waals surface area contributed by atoms with Crippen molar-refractivity contribution in [3.63, 3.8) is 0 Å². The molecular formula is C21H30N4O3. The van der Waals surface area contributed by atoms with Crippen molar-refractivity contribution in [3.05, 3.63) is 53.2 Å². The molecule has 0 spiro atoms. The average Bonchev–Trinajstić information content (AvgIpc) is 3.14. The van der Waals surface area contributed by atoms with Crippen molar-refractivity contribution >= 4 is 11.9 Å². The van der Waals surface area contributed by atoms with E-state index in [2.05, 4.69) is 41.4 Å². The smallest absolute Gasteiger partial charge is 0.338 e. The van der Waals surface area contributed by atoms with Gasteiger partial charge in [-0.15, -0.1) is 0 Å². The van der Waals surface area contributed by atoms with Crippen molar-refractivity contribution in [2.45, 2.75) is 53.1 Å². The Bertz CT molecular complexity index is 789. The third-order valence-electron chi connectivity index (χ3n) is 3.93. The Morgan fingerprint density at radius 3 is 2.46 bits per heavy atom. The number of nitrogens with one attached hydrogen (secondary N) is 2. The number of oxazole rings is 1. The van der Waals surface area contributed by atoms with E-state index in [0.29, 0.717) is 37.1 Å². The summed E-state index contributed by atoms with van der Waals surface area (Å²) in [5.41, 5.74) is 1.47. The number of guanidine groups is 1. The number of hydrogen-bond donors (Lipinski definition) is 2. The van der Waals surface area contributed by atoms with Crippen molar-refractivity contribution in [1.82, 2.24) is 15.6 Å². The van der Waals surface area contributed by atoms with Gasteiger partial charge in [0.25, 0.3) is 0 Å². The molecule has 2 rings (SSSR count). The molecule has 2 aromatic rings. The maximum atomic E-state index is 11.7. The molecule has 7 nitrogen and oxygen atoms in total. The lowest BCUT2D eigenvalue weighted by molar-refractivity contribution is 0.0526. The maximum absolute atomic E-state index is 11.7. The van der Waals surface area contributed by atoms with Gasteiger partial charge in [0, 0.05) is 12.0 Å².